The molecule has 4 N–H and O–H groups in total. The summed E-state index contributed by atoms with van der Waals surface area (Å²) in [5.41, 5.74) is 0.268. The Bertz CT molecular complexity index is 573. The van der Waals surface area contributed by atoms with Crippen molar-refractivity contribution in [1.82, 2.24) is 0 Å². The van der Waals surface area contributed by atoms with Crippen LogP contribution in [0.5, 0.6) is 17.2 Å². The Hall–Kier alpha value is -2.17. The van der Waals surface area contributed by atoms with E-state index >= 15 is 0 Å². The number of carbonyl (C=O) groups is 1. The predicted octanol–water partition coefficient (Wildman–Crippen LogP) is 1.64. The summed E-state index contributed by atoms with van der Waals surface area (Å²) >= 11 is 0. The van der Waals surface area contributed by atoms with Crippen molar-refractivity contribution in [2.45, 2.75) is 18.3 Å². The molecule has 1 aromatic carbocycles. The summed E-state index contributed by atoms with van der Waals surface area (Å²) in [7, 11) is 0. The molecule has 0 radical (unpaired) electrons. The van der Waals surface area contributed by atoms with Gasteiger partial charge in [0.15, 0.2) is 11.5 Å². The smallest absolute Gasteiger partial charge is 0.343 e. The number of hydrogen-bond acceptors (Lipinski definition) is 4. The van der Waals surface area contributed by atoms with Crippen LogP contribution in [0.2, 0.25) is 0 Å². The maximum Gasteiger partial charge on any atom is 0.343 e. The molecular weight excluding hydrogens is 224 g/mol. The molecule has 2 aliphatic rings. The summed E-state index contributed by atoms with van der Waals surface area (Å²) in [6.45, 7) is 0. The van der Waals surface area contributed by atoms with Crippen LogP contribution in [0.15, 0.2) is 12.2 Å². The minimum Gasteiger partial charge on any atom is -0.507 e. The van der Waals surface area contributed by atoms with Gasteiger partial charge in [0.25, 0.3) is 0 Å². The van der Waals surface area contributed by atoms with Crippen molar-refractivity contribution in [3.05, 3.63) is 28.8 Å². The van der Waals surface area contributed by atoms with E-state index in [1.54, 1.807) is 0 Å². The predicted molar refractivity (Wildman–Crippen MR) is 57.6 cm³/mol. The van der Waals surface area contributed by atoms with Gasteiger partial charge in [0, 0.05) is 23.0 Å². The number of aromatic carboxylic acids is 1. The topological polar surface area (TPSA) is 98.0 Å². The highest BCUT2D eigenvalue weighted by atomic mass is 16.4. The lowest BCUT2D eigenvalue weighted by atomic mass is 9.92. The van der Waals surface area contributed by atoms with E-state index in [1.165, 1.54) is 0 Å². The van der Waals surface area contributed by atoms with Gasteiger partial charge < -0.3 is 20.4 Å². The second kappa shape index (κ2) is 2.94. The number of carboxylic acids is 1. The highest BCUT2D eigenvalue weighted by Crippen LogP contribution is 2.58. The minimum atomic E-state index is -1.45. The molecule has 0 saturated heterocycles. The van der Waals surface area contributed by atoms with Crippen molar-refractivity contribution in [2.24, 2.45) is 0 Å². The van der Waals surface area contributed by atoms with Gasteiger partial charge in [-0.05, 0) is 6.42 Å². The Morgan fingerprint density at radius 3 is 2.06 bits per heavy atom. The molecule has 0 aliphatic heterocycles. The van der Waals surface area contributed by atoms with Crippen molar-refractivity contribution in [3.63, 3.8) is 0 Å². The van der Waals surface area contributed by atoms with Crippen LogP contribution >= 0.6 is 0 Å². The number of fused-ring (bicyclic) bond motifs is 5. The summed E-state index contributed by atoms with van der Waals surface area (Å²) in [5, 5.41) is 38.3. The van der Waals surface area contributed by atoms with Crippen molar-refractivity contribution in [1.29, 1.82) is 0 Å². The molecule has 2 bridgehead atoms. The van der Waals surface area contributed by atoms with E-state index in [2.05, 4.69) is 0 Å². The lowest BCUT2D eigenvalue weighted by Gasteiger charge is -2.17. The maximum atomic E-state index is 11.0. The number of phenolic OH excluding ortho intramolecular Hbond substituents is 1. The first kappa shape index (κ1) is 10.0. The van der Waals surface area contributed by atoms with Crippen LogP contribution < -0.4 is 0 Å². The Morgan fingerprint density at radius 2 is 1.53 bits per heavy atom. The number of phenols is 3. The minimum absolute atomic E-state index is 0.0466. The summed E-state index contributed by atoms with van der Waals surface area (Å²) in [4.78, 5) is 11.0. The fourth-order valence-corrected chi connectivity index (χ4v) is 2.83. The molecule has 0 spiro atoms. The van der Waals surface area contributed by atoms with Gasteiger partial charge in [0.1, 0.15) is 11.3 Å². The number of allylic oxidation sites excluding steroid dienone is 2. The van der Waals surface area contributed by atoms with E-state index in [-0.39, 0.29) is 11.8 Å². The number of aromatic hydroxyl groups is 3. The standard InChI is InChI=1S/C12H10O5/c13-9-6-4-1-2-5(3-4)7(6)10(14)11(15)8(9)12(16)17/h1-2,4-5,13-15H,3H2,(H,16,17). The van der Waals surface area contributed by atoms with Crippen LogP contribution in [0.4, 0.5) is 0 Å². The Labute approximate surface area is 96.3 Å². The lowest BCUT2D eigenvalue weighted by molar-refractivity contribution is 0.0689. The molecule has 0 heterocycles. The molecule has 17 heavy (non-hydrogen) atoms. The van der Waals surface area contributed by atoms with Gasteiger partial charge in [-0.3, -0.25) is 0 Å². The second-order valence-corrected chi connectivity index (χ2v) is 4.39. The number of hydrogen-bond donors (Lipinski definition) is 4. The first-order chi connectivity index (χ1) is 8.02. The zero-order valence-corrected chi connectivity index (χ0v) is 8.71. The van der Waals surface area contributed by atoms with Crippen LogP contribution in [0.1, 0.15) is 39.7 Å². The summed E-state index contributed by atoms with van der Waals surface area (Å²) < 4.78 is 0. The molecule has 2 unspecified atom stereocenters. The summed E-state index contributed by atoms with van der Waals surface area (Å²) in [6, 6.07) is 0. The van der Waals surface area contributed by atoms with Crippen LogP contribution in [-0.4, -0.2) is 26.4 Å². The fraction of sp³-hybridized carbons (Fsp3) is 0.250. The van der Waals surface area contributed by atoms with E-state index in [0.717, 1.165) is 0 Å². The fourth-order valence-electron chi connectivity index (χ4n) is 2.83. The zero-order chi connectivity index (χ0) is 12.3. The van der Waals surface area contributed by atoms with Crippen LogP contribution in [-0.2, 0) is 0 Å². The molecule has 0 fully saturated rings. The van der Waals surface area contributed by atoms with Crippen molar-refractivity contribution in [3.8, 4) is 17.2 Å². The summed E-state index contributed by atoms with van der Waals surface area (Å²) in [5.74, 6) is -3.18. The van der Waals surface area contributed by atoms with Crippen molar-refractivity contribution < 1.29 is 25.2 Å². The zero-order valence-electron chi connectivity index (χ0n) is 8.71. The quantitative estimate of drug-likeness (QED) is 0.336. The molecule has 3 rings (SSSR count). The highest BCUT2D eigenvalue weighted by Gasteiger charge is 2.41. The lowest BCUT2D eigenvalue weighted by Crippen LogP contribution is -2.03. The number of benzene rings is 1. The molecule has 88 valence electrons. The Morgan fingerprint density at radius 1 is 1.00 bits per heavy atom. The first-order valence-corrected chi connectivity index (χ1v) is 5.24. The number of rotatable bonds is 1. The highest BCUT2D eigenvalue weighted by molar-refractivity contribution is 5.96. The largest absolute Gasteiger partial charge is 0.507 e. The number of carboxylic acid groups (broad SMARTS) is 1. The van der Waals surface area contributed by atoms with Gasteiger partial charge in [0.2, 0.25) is 0 Å². The SMILES string of the molecule is O=C(O)c1c(O)c(O)c2c(c1O)C1C=CC2C1. The molecule has 1 aromatic rings. The Kier molecular flexibility index (Phi) is 1.73. The molecular formula is C12H10O5. The second-order valence-electron chi connectivity index (χ2n) is 4.39. The third kappa shape index (κ3) is 1.06. The Balaban J connectivity index is 2.37. The van der Waals surface area contributed by atoms with Crippen LogP contribution in [0, 0.1) is 0 Å². The third-order valence-corrected chi connectivity index (χ3v) is 3.54. The van der Waals surface area contributed by atoms with Gasteiger partial charge in [0.05, 0.1) is 0 Å². The van der Waals surface area contributed by atoms with Crippen LogP contribution in [0.25, 0.3) is 0 Å². The van der Waals surface area contributed by atoms with E-state index in [1.807, 2.05) is 12.2 Å². The average molecular weight is 234 g/mol. The molecule has 2 aliphatic carbocycles. The molecule has 2 atom stereocenters. The van der Waals surface area contributed by atoms with Crippen LogP contribution in [0.3, 0.4) is 0 Å². The van der Waals surface area contributed by atoms with E-state index in [4.69, 9.17) is 5.11 Å². The molecule has 5 nitrogen and oxygen atoms in total. The van der Waals surface area contributed by atoms with Gasteiger partial charge in [-0.15, -0.1) is 0 Å². The third-order valence-electron chi connectivity index (χ3n) is 3.54. The first-order valence-electron chi connectivity index (χ1n) is 5.24. The summed E-state index contributed by atoms with van der Waals surface area (Å²) in [6.07, 6.45) is 4.49. The molecule has 0 amide bonds. The van der Waals surface area contributed by atoms with Gasteiger partial charge >= 0.3 is 5.97 Å². The van der Waals surface area contributed by atoms with Gasteiger partial charge in [-0.25, -0.2) is 4.79 Å². The maximum absolute atomic E-state index is 11.0. The average Bonchev–Trinajstić information content (AvgIpc) is 2.85. The molecule has 0 aromatic heterocycles. The van der Waals surface area contributed by atoms with Crippen molar-refractivity contribution >= 4 is 5.97 Å². The van der Waals surface area contributed by atoms with E-state index in [0.29, 0.717) is 17.5 Å². The monoisotopic (exact) mass is 234 g/mol. The molecule has 0 saturated carbocycles. The van der Waals surface area contributed by atoms with E-state index < -0.39 is 28.8 Å². The van der Waals surface area contributed by atoms with E-state index in [9.17, 15) is 20.1 Å². The normalized spacial score (nSPS) is 24.0. The van der Waals surface area contributed by atoms with Gasteiger partial charge in [-0.2, -0.15) is 0 Å². The molecule has 5 heteroatoms. The van der Waals surface area contributed by atoms with Gasteiger partial charge in [-0.1, -0.05) is 12.2 Å². The van der Waals surface area contributed by atoms with Crippen molar-refractivity contribution in [2.75, 3.05) is 0 Å².